The summed E-state index contributed by atoms with van der Waals surface area (Å²) in [5.41, 5.74) is 0.516. The fourth-order valence-electron chi connectivity index (χ4n) is 0.200. The summed E-state index contributed by atoms with van der Waals surface area (Å²) >= 11 is 0. The maximum absolute atomic E-state index is 11.5. The molecule has 0 aromatic heterocycles. The first-order valence-electron chi connectivity index (χ1n) is 2.28. The maximum atomic E-state index is 11.5. The Morgan fingerprint density at radius 3 is 1.80 bits per heavy atom. The molecule has 0 aromatic carbocycles. The van der Waals surface area contributed by atoms with E-state index in [0.717, 1.165) is 0 Å². The molecule has 1 unspecified atom stereocenters. The summed E-state index contributed by atoms with van der Waals surface area (Å²) in [4.78, 5) is 10.0. The molecule has 0 radical (unpaired) electrons. The van der Waals surface area contributed by atoms with Crippen LogP contribution in [0.5, 0.6) is 0 Å². The lowest BCUT2D eigenvalue weighted by molar-refractivity contribution is -0.247. The van der Waals surface area contributed by atoms with Crippen LogP contribution in [0.4, 0.5) is 13.2 Å². The van der Waals surface area contributed by atoms with Gasteiger partial charge in [-0.05, 0) is 6.92 Å². The molecule has 0 rings (SSSR count). The molecule has 6 heteroatoms. The number of halogens is 3. The molecule has 60 valence electrons. The molecule has 0 aliphatic heterocycles. The van der Waals surface area contributed by atoms with E-state index in [4.69, 9.17) is 5.11 Å². The first-order chi connectivity index (χ1) is 4.19. The quantitative estimate of drug-likeness (QED) is 0.517. The number of alkyl halides is 3. The van der Waals surface area contributed by atoms with Gasteiger partial charge in [-0.3, -0.25) is 10.5 Å². The largest absolute Gasteiger partial charge is 0.438 e. The molecule has 1 atom stereocenters. The van der Waals surface area contributed by atoms with E-state index >= 15 is 0 Å². The average Bonchev–Trinajstić information content (AvgIpc) is 1.62. The van der Waals surface area contributed by atoms with Crippen LogP contribution in [-0.2, 0) is 4.79 Å². The zero-order chi connectivity index (χ0) is 8.58. The van der Waals surface area contributed by atoms with Crippen LogP contribution in [0.3, 0.4) is 0 Å². The SMILES string of the molecule is CC(=O)C(N)(O)C(F)(F)F. The van der Waals surface area contributed by atoms with Crippen molar-refractivity contribution in [1.29, 1.82) is 0 Å². The van der Waals surface area contributed by atoms with E-state index in [0.29, 0.717) is 6.92 Å². The van der Waals surface area contributed by atoms with Gasteiger partial charge in [0.15, 0.2) is 5.78 Å². The second-order valence-electron chi connectivity index (χ2n) is 1.82. The standard InChI is InChI=1S/C4H6F3NO2/c1-2(9)3(8,10)4(5,6)7/h10H,8H2,1H3. The van der Waals surface area contributed by atoms with Crippen molar-refractivity contribution in [2.75, 3.05) is 0 Å². The minimum atomic E-state index is -5.10. The molecule has 3 nitrogen and oxygen atoms in total. The van der Waals surface area contributed by atoms with Gasteiger partial charge in [0.05, 0.1) is 0 Å². The predicted molar refractivity (Wildman–Crippen MR) is 25.9 cm³/mol. The molecule has 0 aliphatic carbocycles. The fraction of sp³-hybridized carbons (Fsp3) is 0.750. The Morgan fingerprint density at radius 2 is 1.80 bits per heavy atom. The van der Waals surface area contributed by atoms with E-state index in [2.05, 4.69) is 5.73 Å². The molecule has 0 amide bonds. The number of hydrogen-bond donors (Lipinski definition) is 2. The summed E-state index contributed by atoms with van der Waals surface area (Å²) in [5.74, 6) is -1.53. The van der Waals surface area contributed by atoms with Gasteiger partial charge in [0.25, 0.3) is 5.72 Å². The molecular weight excluding hydrogens is 151 g/mol. The van der Waals surface area contributed by atoms with E-state index in [-0.39, 0.29) is 0 Å². The van der Waals surface area contributed by atoms with Crippen molar-refractivity contribution in [3.8, 4) is 0 Å². The van der Waals surface area contributed by atoms with Gasteiger partial charge in [0.2, 0.25) is 0 Å². The topological polar surface area (TPSA) is 63.3 Å². The Morgan fingerprint density at radius 1 is 1.50 bits per heavy atom. The number of rotatable bonds is 1. The first-order valence-corrected chi connectivity index (χ1v) is 2.28. The van der Waals surface area contributed by atoms with Gasteiger partial charge in [-0.15, -0.1) is 0 Å². The Hall–Kier alpha value is -0.620. The van der Waals surface area contributed by atoms with Crippen molar-refractivity contribution < 1.29 is 23.1 Å². The van der Waals surface area contributed by atoms with Gasteiger partial charge in [0.1, 0.15) is 0 Å². The summed E-state index contributed by atoms with van der Waals surface area (Å²) in [6.07, 6.45) is -5.10. The maximum Gasteiger partial charge on any atom is 0.438 e. The number of ketones is 1. The lowest BCUT2D eigenvalue weighted by atomic mass is 10.1. The van der Waals surface area contributed by atoms with Crippen molar-refractivity contribution in [3.63, 3.8) is 0 Å². The summed E-state index contributed by atoms with van der Waals surface area (Å²) in [6.45, 7) is 0.563. The summed E-state index contributed by atoms with van der Waals surface area (Å²) in [6, 6.07) is 0. The van der Waals surface area contributed by atoms with Gasteiger partial charge >= 0.3 is 6.18 Å². The lowest BCUT2D eigenvalue weighted by Crippen LogP contribution is -2.58. The monoisotopic (exact) mass is 157 g/mol. The highest BCUT2D eigenvalue weighted by Crippen LogP contribution is 2.26. The average molecular weight is 157 g/mol. The third-order valence-corrected chi connectivity index (χ3v) is 0.969. The number of hydrogen-bond acceptors (Lipinski definition) is 3. The molecule has 0 aromatic rings. The Labute approximate surface area is 54.6 Å². The second-order valence-corrected chi connectivity index (χ2v) is 1.82. The molecular formula is C4H6F3NO2. The van der Waals surface area contributed by atoms with Gasteiger partial charge in [-0.25, -0.2) is 0 Å². The second kappa shape index (κ2) is 2.21. The van der Waals surface area contributed by atoms with E-state index in [9.17, 15) is 18.0 Å². The molecule has 0 bridgehead atoms. The molecule has 0 saturated heterocycles. The Kier molecular flexibility index (Phi) is 2.07. The Balaban J connectivity index is 4.57. The Bertz CT molecular complexity index is 151. The number of nitrogens with two attached hydrogens (primary N) is 1. The minimum absolute atomic E-state index is 0.563. The number of aliphatic hydroxyl groups is 1. The molecule has 0 spiro atoms. The summed E-state index contributed by atoms with van der Waals surface area (Å²) in [7, 11) is 0. The van der Waals surface area contributed by atoms with Crippen LogP contribution < -0.4 is 5.73 Å². The van der Waals surface area contributed by atoms with Crippen LogP contribution in [0.15, 0.2) is 0 Å². The highest BCUT2D eigenvalue weighted by Gasteiger charge is 2.54. The van der Waals surface area contributed by atoms with Crippen LogP contribution in [0.2, 0.25) is 0 Å². The molecule has 0 aliphatic rings. The van der Waals surface area contributed by atoms with Gasteiger partial charge in [-0.1, -0.05) is 0 Å². The van der Waals surface area contributed by atoms with Crippen molar-refractivity contribution in [1.82, 2.24) is 0 Å². The molecule has 3 N–H and O–H groups in total. The normalized spacial score (nSPS) is 18.2. The van der Waals surface area contributed by atoms with Crippen molar-refractivity contribution in [2.24, 2.45) is 5.73 Å². The first kappa shape index (κ1) is 9.38. The van der Waals surface area contributed by atoms with Crippen LogP contribution in [-0.4, -0.2) is 22.8 Å². The summed E-state index contributed by atoms with van der Waals surface area (Å²) < 4.78 is 34.5. The minimum Gasteiger partial charge on any atom is -0.362 e. The zero-order valence-corrected chi connectivity index (χ0v) is 5.07. The number of carbonyl (C=O) groups is 1. The van der Waals surface area contributed by atoms with Crippen LogP contribution in [0.25, 0.3) is 0 Å². The van der Waals surface area contributed by atoms with Gasteiger partial charge in [-0.2, -0.15) is 13.2 Å². The van der Waals surface area contributed by atoms with Crippen LogP contribution in [0, 0.1) is 0 Å². The van der Waals surface area contributed by atoms with E-state index in [1.807, 2.05) is 0 Å². The number of Topliss-reactive ketones (excluding diaryl/α,β-unsaturated/α-hetero) is 1. The number of carbonyl (C=O) groups excluding carboxylic acids is 1. The fourth-order valence-corrected chi connectivity index (χ4v) is 0.200. The van der Waals surface area contributed by atoms with Gasteiger partial charge in [0, 0.05) is 0 Å². The zero-order valence-electron chi connectivity index (χ0n) is 5.07. The van der Waals surface area contributed by atoms with E-state index in [1.165, 1.54) is 0 Å². The molecule has 0 saturated carbocycles. The van der Waals surface area contributed by atoms with Gasteiger partial charge < -0.3 is 5.11 Å². The van der Waals surface area contributed by atoms with Crippen molar-refractivity contribution >= 4 is 5.78 Å². The smallest absolute Gasteiger partial charge is 0.362 e. The van der Waals surface area contributed by atoms with Crippen molar-refractivity contribution in [2.45, 2.75) is 18.8 Å². The third kappa shape index (κ3) is 1.45. The lowest BCUT2D eigenvalue weighted by Gasteiger charge is -2.22. The van der Waals surface area contributed by atoms with E-state index in [1.54, 1.807) is 0 Å². The molecule has 0 heterocycles. The van der Waals surface area contributed by atoms with Crippen molar-refractivity contribution in [3.05, 3.63) is 0 Å². The van der Waals surface area contributed by atoms with Crippen LogP contribution >= 0.6 is 0 Å². The summed E-state index contributed by atoms with van der Waals surface area (Å²) in [5, 5.41) is 8.23. The highest BCUT2D eigenvalue weighted by atomic mass is 19.4. The predicted octanol–water partition coefficient (Wildman–Crippen LogP) is -0.215. The molecule has 10 heavy (non-hydrogen) atoms. The highest BCUT2D eigenvalue weighted by molar-refractivity contribution is 5.84. The van der Waals surface area contributed by atoms with E-state index < -0.39 is 17.7 Å². The molecule has 0 fully saturated rings. The van der Waals surface area contributed by atoms with Crippen LogP contribution in [0.1, 0.15) is 6.92 Å². The third-order valence-electron chi connectivity index (χ3n) is 0.969.